The molecule has 0 spiro atoms. The molecule has 3 aromatic carbocycles. The molecule has 0 bridgehead atoms. The highest BCUT2D eigenvalue weighted by atomic mass is 14.9. The number of imidazole rings is 1. The molecule has 0 amide bonds. The molecule has 0 fully saturated rings. The molecule has 1 heterocycles. The van der Waals surface area contributed by atoms with Gasteiger partial charge in [-0.15, -0.1) is 0 Å². The van der Waals surface area contributed by atoms with Crippen LogP contribution in [0.2, 0.25) is 0 Å². The number of hydrogen-bond acceptors (Lipinski definition) is 2. The third-order valence-corrected chi connectivity index (χ3v) is 3.59. The van der Waals surface area contributed by atoms with Gasteiger partial charge >= 0.3 is 0 Å². The Labute approximate surface area is 116 Å². The molecule has 0 aliphatic rings. The highest BCUT2D eigenvalue weighted by molar-refractivity contribution is 6.05. The number of anilines is 1. The Morgan fingerprint density at radius 2 is 1.65 bits per heavy atom. The Hall–Kier alpha value is -2.81. The first-order chi connectivity index (χ1) is 9.83. The lowest BCUT2D eigenvalue weighted by atomic mass is 10.1. The van der Waals surface area contributed by atoms with E-state index in [9.17, 15) is 0 Å². The van der Waals surface area contributed by atoms with Crippen LogP contribution in [0.4, 0.5) is 5.69 Å². The summed E-state index contributed by atoms with van der Waals surface area (Å²) in [6.07, 6.45) is 0. The second-order valence-electron chi connectivity index (χ2n) is 4.86. The van der Waals surface area contributed by atoms with Gasteiger partial charge in [-0.2, -0.15) is 0 Å². The predicted molar refractivity (Wildman–Crippen MR) is 83.4 cm³/mol. The molecule has 0 saturated heterocycles. The Kier molecular flexibility index (Phi) is 2.27. The molecule has 0 unspecified atom stereocenters. The SMILES string of the molecule is Nc1ccccc1-c1nc2c(ccc3ccccc32)[nH]1. The summed E-state index contributed by atoms with van der Waals surface area (Å²) >= 11 is 0. The van der Waals surface area contributed by atoms with Crippen LogP contribution in [0.1, 0.15) is 0 Å². The summed E-state index contributed by atoms with van der Waals surface area (Å²) in [6.45, 7) is 0. The van der Waals surface area contributed by atoms with Gasteiger partial charge in [0.25, 0.3) is 0 Å². The van der Waals surface area contributed by atoms with Crippen molar-refractivity contribution in [3.05, 3.63) is 60.7 Å². The van der Waals surface area contributed by atoms with Crippen molar-refractivity contribution in [1.29, 1.82) is 0 Å². The van der Waals surface area contributed by atoms with E-state index in [0.717, 1.165) is 33.5 Å². The number of hydrogen-bond donors (Lipinski definition) is 2. The molecule has 4 rings (SSSR count). The van der Waals surface area contributed by atoms with Crippen LogP contribution in [0.3, 0.4) is 0 Å². The number of nitrogens with zero attached hydrogens (tertiary/aromatic N) is 1. The van der Waals surface area contributed by atoms with E-state index in [4.69, 9.17) is 10.7 Å². The van der Waals surface area contributed by atoms with Gasteiger partial charge in [0.05, 0.1) is 11.0 Å². The van der Waals surface area contributed by atoms with Gasteiger partial charge in [-0.05, 0) is 23.6 Å². The number of aromatic amines is 1. The van der Waals surface area contributed by atoms with Gasteiger partial charge in [0.1, 0.15) is 5.82 Å². The van der Waals surface area contributed by atoms with Gasteiger partial charge < -0.3 is 10.7 Å². The number of aromatic nitrogens is 2. The number of nitrogen functional groups attached to an aromatic ring is 1. The monoisotopic (exact) mass is 259 g/mol. The first-order valence-corrected chi connectivity index (χ1v) is 6.55. The van der Waals surface area contributed by atoms with Crippen LogP contribution >= 0.6 is 0 Å². The average molecular weight is 259 g/mol. The van der Waals surface area contributed by atoms with E-state index in [1.54, 1.807) is 0 Å². The van der Waals surface area contributed by atoms with Crippen LogP contribution in [-0.2, 0) is 0 Å². The highest BCUT2D eigenvalue weighted by Crippen LogP contribution is 2.29. The fourth-order valence-electron chi connectivity index (χ4n) is 2.58. The molecule has 96 valence electrons. The summed E-state index contributed by atoms with van der Waals surface area (Å²) in [5, 5.41) is 2.35. The maximum atomic E-state index is 6.03. The van der Waals surface area contributed by atoms with E-state index in [2.05, 4.69) is 29.2 Å². The topological polar surface area (TPSA) is 54.7 Å². The highest BCUT2D eigenvalue weighted by Gasteiger charge is 2.09. The van der Waals surface area contributed by atoms with Crippen LogP contribution in [0.25, 0.3) is 33.2 Å². The molecule has 0 aliphatic heterocycles. The van der Waals surface area contributed by atoms with Crippen LogP contribution in [0.15, 0.2) is 60.7 Å². The van der Waals surface area contributed by atoms with Crippen molar-refractivity contribution in [2.75, 3.05) is 5.73 Å². The number of fused-ring (bicyclic) bond motifs is 3. The standard InChI is InChI=1S/C17H13N3/c18-14-8-4-3-7-13(14)17-19-15-10-9-11-5-1-2-6-12(11)16(15)20-17/h1-10H,18H2,(H,19,20). The van der Waals surface area contributed by atoms with Crippen LogP contribution < -0.4 is 5.73 Å². The zero-order valence-corrected chi connectivity index (χ0v) is 10.8. The predicted octanol–water partition coefficient (Wildman–Crippen LogP) is 3.97. The van der Waals surface area contributed by atoms with E-state index in [-0.39, 0.29) is 0 Å². The van der Waals surface area contributed by atoms with Crippen molar-refractivity contribution in [3.63, 3.8) is 0 Å². The van der Waals surface area contributed by atoms with Gasteiger partial charge in [0.15, 0.2) is 0 Å². The first kappa shape index (κ1) is 11.1. The van der Waals surface area contributed by atoms with Crippen molar-refractivity contribution in [2.24, 2.45) is 0 Å². The lowest BCUT2D eigenvalue weighted by molar-refractivity contribution is 1.34. The van der Waals surface area contributed by atoms with Crippen molar-refractivity contribution in [1.82, 2.24) is 9.97 Å². The minimum atomic E-state index is 0.732. The molecule has 4 aromatic rings. The van der Waals surface area contributed by atoms with E-state index in [0.29, 0.717) is 0 Å². The molecule has 0 saturated carbocycles. The van der Waals surface area contributed by atoms with E-state index in [1.807, 2.05) is 36.4 Å². The third-order valence-electron chi connectivity index (χ3n) is 3.59. The van der Waals surface area contributed by atoms with Gasteiger partial charge in [0, 0.05) is 16.6 Å². The second kappa shape index (κ2) is 4.10. The molecule has 0 atom stereocenters. The van der Waals surface area contributed by atoms with Crippen molar-refractivity contribution < 1.29 is 0 Å². The number of para-hydroxylation sites is 1. The molecular weight excluding hydrogens is 246 g/mol. The fourth-order valence-corrected chi connectivity index (χ4v) is 2.58. The third kappa shape index (κ3) is 1.57. The molecule has 1 aromatic heterocycles. The number of rotatable bonds is 1. The first-order valence-electron chi connectivity index (χ1n) is 6.55. The van der Waals surface area contributed by atoms with Gasteiger partial charge in [-0.3, -0.25) is 0 Å². The largest absolute Gasteiger partial charge is 0.398 e. The summed E-state index contributed by atoms with van der Waals surface area (Å²) in [6, 6.07) is 20.2. The minimum Gasteiger partial charge on any atom is -0.398 e. The maximum Gasteiger partial charge on any atom is 0.140 e. The summed E-state index contributed by atoms with van der Waals surface area (Å²) < 4.78 is 0. The maximum absolute atomic E-state index is 6.03. The van der Waals surface area contributed by atoms with Gasteiger partial charge in [-0.25, -0.2) is 4.98 Å². The van der Waals surface area contributed by atoms with Crippen molar-refractivity contribution in [2.45, 2.75) is 0 Å². The zero-order valence-electron chi connectivity index (χ0n) is 10.8. The molecule has 20 heavy (non-hydrogen) atoms. The average Bonchev–Trinajstić information content (AvgIpc) is 2.92. The zero-order chi connectivity index (χ0) is 13.5. The van der Waals surface area contributed by atoms with Crippen LogP contribution in [-0.4, -0.2) is 9.97 Å². The molecule has 3 N–H and O–H groups in total. The van der Waals surface area contributed by atoms with E-state index in [1.165, 1.54) is 5.39 Å². The fraction of sp³-hybridized carbons (Fsp3) is 0. The lowest BCUT2D eigenvalue weighted by Gasteiger charge is -2.00. The van der Waals surface area contributed by atoms with Gasteiger partial charge in [0.2, 0.25) is 0 Å². The quantitative estimate of drug-likeness (QED) is 0.508. The molecule has 0 aliphatic carbocycles. The van der Waals surface area contributed by atoms with Crippen molar-refractivity contribution in [3.8, 4) is 11.4 Å². The number of benzene rings is 3. The Morgan fingerprint density at radius 1 is 0.850 bits per heavy atom. The summed E-state index contributed by atoms with van der Waals surface area (Å²) in [5.74, 6) is 0.814. The Bertz CT molecular complexity index is 922. The molecule has 0 radical (unpaired) electrons. The minimum absolute atomic E-state index is 0.732. The van der Waals surface area contributed by atoms with Crippen LogP contribution in [0, 0.1) is 0 Å². The smallest absolute Gasteiger partial charge is 0.140 e. The Balaban J connectivity index is 2.04. The number of nitrogens with one attached hydrogen (secondary N) is 1. The Morgan fingerprint density at radius 3 is 2.55 bits per heavy atom. The van der Waals surface area contributed by atoms with Crippen molar-refractivity contribution >= 4 is 27.5 Å². The summed E-state index contributed by atoms with van der Waals surface area (Å²) in [7, 11) is 0. The van der Waals surface area contributed by atoms with E-state index >= 15 is 0 Å². The molecular formula is C17H13N3. The summed E-state index contributed by atoms with van der Waals surface area (Å²) in [4.78, 5) is 8.09. The second-order valence-corrected chi connectivity index (χ2v) is 4.86. The number of nitrogens with two attached hydrogens (primary N) is 1. The molecule has 3 nitrogen and oxygen atoms in total. The van der Waals surface area contributed by atoms with Gasteiger partial charge in [-0.1, -0.05) is 42.5 Å². The normalized spacial score (nSPS) is 11.2. The van der Waals surface area contributed by atoms with E-state index < -0.39 is 0 Å². The lowest BCUT2D eigenvalue weighted by Crippen LogP contribution is -1.90. The number of H-pyrrole nitrogens is 1. The molecule has 3 heteroatoms. The summed E-state index contributed by atoms with van der Waals surface area (Å²) in [5.41, 5.74) is 9.71. The van der Waals surface area contributed by atoms with Crippen LogP contribution in [0.5, 0.6) is 0 Å².